The van der Waals surface area contributed by atoms with Crippen molar-refractivity contribution in [2.45, 2.75) is 6.10 Å². The first kappa shape index (κ1) is 15.2. The fourth-order valence-electron chi connectivity index (χ4n) is 1.22. The van der Waals surface area contributed by atoms with Crippen molar-refractivity contribution in [3.8, 4) is 0 Å². The van der Waals surface area contributed by atoms with Crippen LogP contribution in [0.2, 0.25) is 5.02 Å². The van der Waals surface area contributed by atoms with Crippen LogP contribution in [0.4, 0.5) is 14.9 Å². The van der Waals surface area contributed by atoms with E-state index in [0.29, 0.717) is 0 Å². The number of benzene rings is 1. The van der Waals surface area contributed by atoms with E-state index in [1.165, 1.54) is 13.2 Å². The number of nitrogens with one attached hydrogen (secondary N) is 2. The van der Waals surface area contributed by atoms with Gasteiger partial charge in [-0.3, -0.25) is 0 Å². The largest absolute Gasteiger partial charge is 0.479 e. The van der Waals surface area contributed by atoms with Crippen LogP contribution < -0.4 is 10.6 Å². The van der Waals surface area contributed by atoms with Crippen LogP contribution in [-0.4, -0.2) is 36.9 Å². The monoisotopic (exact) mass is 290 g/mol. The highest BCUT2D eigenvalue weighted by Crippen LogP contribution is 2.22. The number of carbonyl (C=O) groups is 2. The van der Waals surface area contributed by atoms with Crippen LogP contribution in [0.5, 0.6) is 0 Å². The number of urea groups is 1. The molecule has 0 aliphatic heterocycles. The number of methoxy groups -OCH3 is 1. The second-order valence-electron chi connectivity index (χ2n) is 3.52. The molecular weight excluding hydrogens is 279 g/mol. The molecule has 6 nitrogen and oxygen atoms in total. The molecule has 0 aliphatic carbocycles. The normalized spacial score (nSPS) is 11.7. The Morgan fingerprint density at radius 2 is 2.21 bits per heavy atom. The van der Waals surface area contributed by atoms with Crippen molar-refractivity contribution in [1.82, 2.24) is 5.32 Å². The number of carboxylic acid groups (broad SMARTS) is 1. The van der Waals surface area contributed by atoms with Crippen molar-refractivity contribution in [2.75, 3.05) is 19.0 Å². The lowest BCUT2D eigenvalue weighted by Gasteiger charge is -2.12. The van der Waals surface area contributed by atoms with Crippen LogP contribution in [-0.2, 0) is 9.53 Å². The minimum Gasteiger partial charge on any atom is -0.479 e. The highest BCUT2D eigenvalue weighted by atomic mass is 35.5. The quantitative estimate of drug-likeness (QED) is 0.770. The van der Waals surface area contributed by atoms with Gasteiger partial charge < -0.3 is 20.5 Å². The van der Waals surface area contributed by atoms with Crippen molar-refractivity contribution in [2.24, 2.45) is 0 Å². The van der Waals surface area contributed by atoms with Gasteiger partial charge in [-0.25, -0.2) is 14.0 Å². The molecule has 104 valence electrons. The van der Waals surface area contributed by atoms with E-state index in [-0.39, 0.29) is 17.3 Å². The fourth-order valence-corrected chi connectivity index (χ4v) is 1.38. The lowest BCUT2D eigenvalue weighted by molar-refractivity contribution is -0.147. The average Bonchev–Trinajstić information content (AvgIpc) is 2.34. The van der Waals surface area contributed by atoms with E-state index in [9.17, 15) is 14.0 Å². The van der Waals surface area contributed by atoms with Gasteiger partial charge in [0.25, 0.3) is 0 Å². The molecule has 0 heterocycles. The van der Waals surface area contributed by atoms with E-state index in [1.807, 2.05) is 0 Å². The topological polar surface area (TPSA) is 87.7 Å². The standard InChI is InChI=1S/C11H12ClFN2O4/c1-19-9(10(16)17)5-14-11(18)15-8-4-6(13)2-3-7(8)12/h2-4,9H,5H2,1H3,(H,16,17)(H2,14,15,18). The molecule has 0 saturated heterocycles. The van der Waals surface area contributed by atoms with Crippen LogP contribution in [0.15, 0.2) is 18.2 Å². The Morgan fingerprint density at radius 1 is 1.53 bits per heavy atom. The number of anilines is 1. The van der Waals surface area contributed by atoms with Gasteiger partial charge in [0.1, 0.15) is 5.82 Å². The summed E-state index contributed by atoms with van der Waals surface area (Å²) in [7, 11) is 1.21. The maximum atomic E-state index is 12.9. The predicted octanol–water partition coefficient (Wildman–Crippen LogP) is 1.70. The van der Waals surface area contributed by atoms with Gasteiger partial charge in [0.15, 0.2) is 6.10 Å². The second kappa shape index (κ2) is 6.91. The molecular formula is C11H12ClFN2O4. The summed E-state index contributed by atoms with van der Waals surface area (Å²) in [6.45, 7) is -0.232. The smallest absolute Gasteiger partial charge is 0.334 e. The van der Waals surface area contributed by atoms with Gasteiger partial charge in [-0.2, -0.15) is 0 Å². The SMILES string of the molecule is COC(CNC(=O)Nc1cc(F)ccc1Cl)C(=O)O. The number of rotatable bonds is 5. The first-order valence-electron chi connectivity index (χ1n) is 5.19. The van der Waals surface area contributed by atoms with Crippen LogP contribution in [0, 0.1) is 5.82 Å². The Kier molecular flexibility index (Phi) is 5.53. The zero-order chi connectivity index (χ0) is 14.4. The molecule has 1 unspecified atom stereocenters. The summed E-state index contributed by atoms with van der Waals surface area (Å²) >= 11 is 5.75. The lowest BCUT2D eigenvalue weighted by atomic mass is 10.3. The molecule has 0 aliphatic rings. The van der Waals surface area contributed by atoms with Gasteiger partial charge in [0.05, 0.1) is 17.3 Å². The highest BCUT2D eigenvalue weighted by molar-refractivity contribution is 6.33. The molecule has 0 aromatic heterocycles. The molecule has 19 heavy (non-hydrogen) atoms. The average molecular weight is 291 g/mol. The van der Waals surface area contributed by atoms with Crippen LogP contribution in [0.25, 0.3) is 0 Å². The Hall–Kier alpha value is -1.86. The van der Waals surface area contributed by atoms with Crippen molar-refractivity contribution >= 4 is 29.3 Å². The minimum atomic E-state index is -1.20. The number of aliphatic carboxylic acids is 1. The third-order valence-corrected chi connectivity index (χ3v) is 2.51. The zero-order valence-electron chi connectivity index (χ0n) is 9.94. The number of amides is 2. The second-order valence-corrected chi connectivity index (χ2v) is 3.93. The molecule has 3 N–H and O–H groups in total. The van der Waals surface area contributed by atoms with Crippen molar-refractivity contribution in [3.05, 3.63) is 29.0 Å². The van der Waals surface area contributed by atoms with E-state index in [0.717, 1.165) is 12.1 Å². The molecule has 0 radical (unpaired) electrons. The molecule has 8 heteroatoms. The Labute approximate surface area is 113 Å². The molecule has 1 atom stereocenters. The van der Waals surface area contributed by atoms with Gasteiger partial charge in [-0.15, -0.1) is 0 Å². The molecule has 0 saturated carbocycles. The summed E-state index contributed by atoms with van der Waals surface area (Å²) < 4.78 is 17.6. The maximum Gasteiger partial charge on any atom is 0.334 e. The number of hydrogen-bond acceptors (Lipinski definition) is 3. The highest BCUT2D eigenvalue weighted by Gasteiger charge is 2.17. The summed E-state index contributed by atoms with van der Waals surface area (Å²) in [5.74, 6) is -1.76. The molecule has 0 fully saturated rings. The Bertz CT molecular complexity index is 484. The van der Waals surface area contributed by atoms with Crippen LogP contribution in [0.3, 0.4) is 0 Å². The van der Waals surface area contributed by atoms with Crippen LogP contribution in [0.1, 0.15) is 0 Å². The van der Waals surface area contributed by atoms with Crippen molar-refractivity contribution in [1.29, 1.82) is 0 Å². The van der Waals surface area contributed by atoms with Gasteiger partial charge in [-0.1, -0.05) is 11.6 Å². The van der Waals surface area contributed by atoms with Gasteiger partial charge in [0, 0.05) is 7.11 Å². The van der Waals surface area contributed by atoms with Gasteiger partial charge in [-0.05, 0) is 18.2 Å². The van der Waals surface area contributed by atoms with E-state index in [1.54, 1.807) is 0 Å². The number of carbonyl (C=O) groups excluding carboxylic acids is 1. The fraction of sp³-hybridized carbons (Fsp3) is 0.273. The lowest BCUT2D eigenvalue weighted by Crippen LogP contribution is -2.39. The number of hydrogen-bond donors (Lipinski definition) is 3. The number of ether oxygens (including phenoxy) is 1. The van der Waals surface area contributed by atoms with Crippen LogP contribution >= 0.6 is 11.6 Å². The van der Waals surface area contributed by atoms with Gasteiger partial charge in [0.2, 0.25) is 0 Å². The first-order chi connectivity index (χ1) is 8.93. The molecule has 1 aromatic rings. The third kappa shape index (κ3) is 4.72. The Balaban J connectivity index is 2.56. The van der Waals surface area contributed by atoms with E-state index < -0.39 is 23.9 Å². The summed E-state index contributed by atoms with van der Waals surface area (Å²) in [6, 6.07) is 2.78. The number of carboxylic acids is 1. The third-order valence-electron chi connectivity index (χ3n) is 2.18. The summed E-state index contributed by atoms with van der Waals surface area (Å²) in [5, 5.41) is 13.4. The summed E-state index contributed by atoms with van der Waals surface area (Å²) in [5.41, 5.74) is 0.0865. The molecule has 2 amide bonds. The predicted molar refractivity (Wildman–Crippen MR) is 66.9 cm³/mol. The molecule has 0 spiro atoms. The molecule has 1 rings (SSSR count). The summed E-state index contributed by atoms with van der Waals surface area (Å²) in [6.07, 6.45) is -1.16. The summed E-state index contributed by atoms with van der Waals surface area (Å²) in [4.78, 5) is 22.1. The van der Waals surface area contributed by atoms with E-state index in [2.05, 4.69) is 15.4 Å². The minimum absolute atomic E-state index is 0.0865. The van der Waals surface area contributed by atoms with E-state index >= 15 is 0 Å². The molecule has 1 aromatic carbocycles. The first-order valence-corrected chi connectivity index (χ1v) is 5.57. The van der Waals surface area contributed by atoms with Crippen molar-refractivity contribution < 1.29 is 23.8 Å². The zero-order valence-corrected chi connectivity index (χ0v) is 10.7. The van der Waals surface area contributed by atoms with Gasteiger partial charge >= 0.3 is 12.0 Å². The Morgan fingerprint density at radius 3 is 2.79 bits per heavy atom. The van der Waals surface area contributed by atoms with Crippen molar-refractivity contribution in [3.63, 3.8) is 0 Å². The maximum absolute atomic E-state index is 12.9. The van der Waals surface area contributed by atoms with E-state index in [4.69, 9.17) is 16.7 Å². The molecule has 0 bridgehead atoms. The number of halogens is 2.